The standard InChI is InChI=1S/C22H20N2O4S2/c1-4-28-21(26)18-13(2)23-22-24(19(18)14-7-9-15(27-3)10-8-14)20(25)17(30-22)12-16-6-5-11-29-16/h5-12,19H,4H2,1-3H3/t19-/m0/s1. The maximum Gasteiger partial charge on any atom is 0.338 e. The monoisotopic (exact) mass is 440 g/mol. The Morgan fingerprint density at radius 2 is 2.03 bits per heavy atom. The predicted molar refractivity (Wildman–Crippen MR) is 118 cm³/mol. The third-order valence-electron chi connectivity index (χ3n) is 4.77. The van der Waals surface area contributed by atoms with Gasteiger partial charge in [0.2, 0.25) is 0 Å². The quantitative estimate of drug-likeness (QED) is 0.572. The van der Waals surface area contributed by atoms with Gasteiger partial charge in [-0.1, -0.05) is 29.5 Å². The van der Waals surface area contributed by atoms with E-state index >= 15 is 0 Å². The molecule has 0 spiro atoms. The second kappa shape index (κ2) is 8.41. The third kappa shape index (κ3) is 3.64. The van der Waals surface area contributed by atoms with Crippen molar-refractivity contribution in [1.82, 2.24) is 4.57 Å². The molecule has 1 aliphatic heterocycles. The van der Waals surface area contributed by atoms with Gasteiger partial charge < -0.3 is 9.47 Å². The molecule has 0 saturated carbocycles. The van der Waals surface area contributed by atoms with Crippen molar-refractivity contribution >= 4 is 34.7 Å². The number of thiophene rings is 1. The lowest BCUT2D eigenvalue weighted by atomic mass is 9.96. The van der Waals surface area contributed by atoms with E-state index < -0.39 is 12.0 Å². The number of carbonyl (C=O) groups excluding carboxylic acids is 1. The zero-order chi connectivity index (χ0) is 21.3. The number of esters is 1. The van der Waals surface area contributed by atoms with Crippen molar-refractivity contribution in [2.75, 3.05) is 13.7 Å². The molecule has 0 N–H and O–H groups in total. The minimum Gasteiger partial charge on any atom is -0.497 e. The maximum atomic E-state index is 13.4. The molecule has 1 aliphatic rings. The highest BCUT2D eigenvalue weighted by atomic mass is 32.1. The molecule has 6 nitrogen and oxygen atoms in total. The number of carbonyl (C=O) groups is 1. The Kier molecular flexibility index (Phi) is 5.69. The smallest absolute Gasteiger partial charge is 0.338 e. The van der Waals surface area contributed by atoms with Crippen LogP contribution in [0.2, 0.25) is 0 Å². The van der Waals surface area contributed by atoms with Crippen LogP contribution in [-0.2, 0) is 9.53 Å². The number of aromatic nitrogens is 1. The van der Waals surface area contributed by atoms with Crippen LogP contribution in [-0.4, -0.2) is 24.3 Å². The molecule has 0 saturated heterocycles. The Labute approximate surface area is 181 Å². The van der Waals surface area contributed by atoms with Crippen LogP contribution in [0.1, 0.15) is 30.3 Å². The molecule has 0 bridgehead atoms. The number of ether oxygens (including phenoxy) is 2. The van der Waals surface area contributed by atoms with E-state index in [0.29, 0.717) is 26.4 Å². The third-order valence-corrected chi connectivity index (χ3v) is 6.57. The van der Waals surface area contributed by atoms with Gasteiger partial charge in [-0.05, 0) is 49.1 Å². The van der Waals surface area contributed by atoms with Crippen molar-refractivity contribution in [3.8, 4) is 5.75 Å². The fraction of sp³-hybridized carbons (Fsp3) is 0.227. The Morgan fingerprint density at radius 1 is 1.27 bits per heavy atom. The first-order chi connectivity index (χ1) is 14.5. The normalized spacial score (nSPS) is 16.2. The summed E-state index contributed by atoms with van der Waals surface area (Å²) in [4.78, 5) is 32.3. The lowest BCUT2D eigenvalue weighted by Crippen LogP contribution is -2.39. The lowest BCUT2D eigenvalue weighted by Gasteiger charge is -2.24. The van der Waals surface area contributed by atoms with Crippen LogP contribution in [0.25, 0.3) is 6.08 Å². The van der Waals surface area contributed by atoms with Crippen LogP contribution in [0.15, 0.2) is 62.8 Å². The summed E-state index contributed by atoms with van der Waals surface area (Å²) in [6.07, 6.45) is 1.86. The van der Waals surface area contributed by atoms with Gasteiger partial charge in [-0.25, -0.2) is 9.79 Å². The number of hydrogen-bond acceptors (Lipinski definition) is 7. The molecule has 4 rings (SSSR count). The van der Waals surface area contributed by atoms with E-state index in [9.17, 15) is 9.59 Å². The molecule has 0 radical (unpaired) electrons. The summed E-state index contributed by atoms with van der Waals surface area (Å²) < 4.78 is 12.7. The van der Waals surface area contributed by atoms with Crippen LogP contribution in [0.5, 0.6) is 5.75 Å². The summed E-state index contributed by atoms with van der Waals surface area (Å²) in [6, 6.07) is 10.6. The molecule has 154 valence electrons. The van der Waals surface area contributed by atoms with E-state index in [0.717, 1.165) is 10.4 Å². The van der Waals surface area contributed by atoms with Gasteiger partial charge >= 0.3 is 5.97 Å². The Morgan fingerprint density at radius 3 is 2.67 bits per heavy atom. The topological polar surface area (TPSA) is 69.9 Å². The largest absolute Gasteiger partial charge is 0.497 e. The second-order valence-electron chi connectivity index (χ2n) is 6.59. The number of fused-ring (bicyclic) bond motifs is 1. The Balaban J connectivity index is 1.95. The highest BCUT2D eigenvalue weighted by molar-refractivity contribution is 7.11. The first-order valence-electron chi connectivity index (χ1n) is 9.40. The van der Waals surface area contributed by atoms with Crippen molar-refractivity contribution in [3.05, 3.63) is 83.2 Å². The van der Waals surface area contributed by atoms with Crippen LogP contribution >= 0.6 is 22.7 Å². The SMILES string of the molecule is CCOC(=O)C1=C(C)N=c2sc(=Cc3cccs3)c(=O)n2[C@H]1c1ccc(OC)cc1. The highest BCUT2D eigenvalue weighted by Gasteiger charge is 2.33. The molecule has 8 heteroatoms. The molecule has 0 amide bonds. The summed E-state index contributed by atoms with van der Waals surface area (Å²) in [5, 5.41) is 1.96. The number of nitrogens with zero attached hydrogens (tertiary/aromatic N) is 2. The molecule has 3 heterocycles. The molecule has 2 aromatic heterocycles. The van der Waals surface area contributed by atoms with Gasteiger partial charge in [0.25, 0.3) is 5.56 Å². The molecule has 30 heavy (non-hydrogen) atoms. The van der Waals surface area contributed by atoms with Gasteiger partial charge in [0.1, 0.15) is 5.75 Å². The number of allylic oxidation sites excluding steroid dienone is 1. The van der Waals surface area contributed by atoms with Gasteiger partial charge in [-0.15, -0.1) is 11.3 Å². The lowest BCUT2D eigenvalue weighted by molar-refractivity contribution is -0.139. The van der Waals surface area contributed by atoms with Crippen LogP contribution in [0.4, 0.5) is 0 Å². The minimum atomic E-state index is -0.614. The summed E-state index contributed by atoms with van der Waals surface area (Å²) in [5.41, 5.74) is 1.54. The predicted octanol–water partition coefficient (Wildman–Crippen LogP) is 2.87. The van der Waals surface area contributed by atoms with Crippen LogP contribution < -0.4 is 19.6 Å². The summed E-state index contributed by atoms with van der Waals surface area (Å²) in [5.74, 6) is 0.231. The number of benzene rings is 1. The van der Waals surface area contributed by atoms with Crippen molar-refractivity contribution in [2.45, 2.75) is 19.9 Å². The summed E-state index contributed by atoms with van der Waals surface area (Å²) >= 11 is 2.88. The van der Waals surface area contributed by atoms with E-state index in [1.54, 1.807) is 36.9 Å². The number of thiazole rings is 1. The van der Waals surface area contributed by atoms with Gasteiger partial charge in [0, 0.05) is 4.88 Å². The Bertz CT molecular complexity index is 1280. The first kappa shape index (κ1) is 20.3. The van der Waals surface area contributed by atoms with E-state index in [4.69, 9.17) is 9.47 Å². The van der Waals surface area contributed by atoms with Crippen molar-refractivity contribution in [2.24, 2.45) is 4.99 Å². The van der Waals surface area contributed by atoms with Crippen molar-refractivity contribution in [1.29, 1.82) is 0 Å². The summed E-state index contributed by atoms with van der Waals surface area (Å²) in [6.45, 7) is 3.78. The van der Waals surface area contributed by atoms with E-state index in [2.05, 4.69) is 4.99 Å². The molecule has 0 unspecified atom stereocenters. The average molecular weight is 441 g/mol. The van der Waals surface area contributed by atoms with Crippen LogP contribution in [0.3, 0.4) is 0 Å². The molecular formula is C22H20N2O4S2. The Hall–Kier alpha value is -2.97. The molecule has 1 aromatic carbocycles. The zero-order valence-corrected chi connectivity index (χ0v) is 18.4. The maximum absolute atomic E-state index is 13.4. The van der Waals surface area contributed by atoms with E-state index in [-0.39, 0.29) is 12.2 Å². The second-order valence-corrected chi connectivity index (χ2v) is 8.58. The van der Waals surface area contributed by atoms with Crippen molar-refractivity contribution < 1.29 is 14.3 Å². The molecule has 1 atom stereocenters. The molecule has 3 aromatic rings. The van der Waals surface area contributed by atoms with Gasteiger partial charge in [0.05, 0.1) is 35.6 Å². The molecule has 0 aliphatic carbocycles. The number of hydrogen-bond donors (Lipinski definition) is 0. The van der Waals surface area contributed by atoms with Gasteiger partial charge in [-0.2, -0.15) is 0 Å². The van der Waals surface area contributed by atoms with Crippen molar-refractivity contribution in [3.63, 3.8) is 0 Å². The summed E-state index contributed by atoms with van der Waals surface area (Å²) in [7, 11) is 1.59. The minimum absolute atomic E-state index is 0.178. The van der Waals surface area contributed by atoms with E-state index in [1.165, 1.54) is 11.3 Å². The van der Waals surface area contributed by atoms with Gasteiger partial charge in [0.15, 0.2) is 4.80 Å². The average Bonchev–Trinajstić information content (AvgIpc) is 3.36. The number of methoxy groups -OCH3 is 1. The van der Waals surface area contributed by atoms with Crippen LogP contribution in [0, 0.1) is 0 Å². The fourth-order valence-electron chi connectivity index (χ4n) is 3.40. The molecular weight excluding hydrogens is 420 g/mol. The fourth-order valence-corrected chi connectivity index (χ4v) is 5.17. The van der Waals surface area contributed by atoms with Gasteiger partial charge in [-0.3, -0.25) is 9.36 Å². The number of rotatable bonds is 5. The first-order valence-corrected chi connectivity index (χ1v) is 11.1. The highest BCUT2D eigenvalue weighted by Crippen LogP contribution is 2.31. The zero-order valence-electron chi connectivity index (χ0n) is 16.7. The molecule has 0 fully saturated rings. The van der Waals surface area contributed by atoms with E-state index in [1.807, 2.05) is 47.9 Å².